The molecule has 2 rings (SSSR count). The van der Waals surface area contributed by atoms with Crippen LogP contribution in [0.4, 0.5) is 0 Å². The molecule has 0 aliphatic carbocycles. The first-order chi connectivity index (χ1) is 9.38. The van der Waals surface area contributed by atoms with Gasteiger partial charge in [0.25, 0.3) is 5.56 Å². The van der Waals surface area contributed by atoms with Gasteiger partial charge in [-0.2, -0.15) is 0 Å². The lowest BCUT2D eigenvalue weighted by Crippen LogP contribution is -2.41. The number of Topliss-reactive ketones (excluding diaryl/α,β-unsaturated/α-hetero) is 1. The van der Waals surface area contributed by atoms with Gasteiger partial charge in [-0.3, -0.25) is 18.7 Å². The van der Waals surface area contributed by atoms with Crippen LogP contribution in [0.15, 0.2) is 15.9 Å². The summed E-state index contributed by atoms with van der Waals surface area (Å²) >= 11 is 0. The van der Waals surface area contributed by atoms with Gasteiger partial charge in [0.15, 0.2) is 11.2 Å². The highest BCUT2D eigenvalue weighted by Crippen LogP contribution is 2.12. The van der Waals surface area contributed by atoms with E-state index in [2.05, 4.69) is 4.98 Å². The van der Waals surface area contributed by atoms with Crippen molar-refractivity contribution in [3.05, 3.63) is 27.2 Å². The third-order valence-electron chi connectivity index (χ3n) is 3.18. The summed E-state index contributed by atoms with van der Waals surface area (Å²) in [5.74, 6) is -0.287. The Balaban J connectivity index is 2.87. The second-order valence-electron chi connectivity index (χ2n) is 4.79. The van der Waals surface area contributed by atoms with Crippen LogP contribution in [0.1, 0.15) is 19.9 Å². The van der Waals surface area contributed by atoms with Crippen molar-refractivity contribution in [2.75, 3.05) is 6.61 Å². The summed E-state index contributed by atoms with van der Waals surface area (Å²) in [5, 5.41) is 9.22. The lowest BCUT2D eigenvalue weighted by Gasteiger charge is -2.12. The number of hydrogen-bond donors (Lipinski definition) is 1. The quantitative estimate of drug-likeness (QED) is 0.777. The van der Waals surface area contributed by atoms with Gasteiger partial charge in [-0.25, -0.2) is 9.78 Å². The average molecular weight is 280 g/mol. The molecule has 0 spiro atoms. The molecule has 0 unspecified atom stereocenters. The smallest absolute Gasteiger partial charge is 0.332 e. The normalized spacial score (nSPS) is 12.8. The lowest BCUT2D eigenvalue weighted by molar-refractivity contribution is -0.117. The van der Waals surface area contributed by atoms with Crippen molar-refractivity contribution in [3.63, 3.8) is 0 Å². The van der Waals surface area contributed by atoms with Gasteiger partial charge in [0.1, 0.15) is 5.78 Å². The summed E-state index contributed by atoms with van der Waals surface area (Å²) < 4.78 is 3.61. The van der Waals surface area contributed by atoms with E-state index in [-0.39, 0.29) is 36.1 Å². The molecule has 0 saturated heterocycles. The summed E-state index contributed by atoms with van der Waals surface area (Å²) in [7, 11) is 1.49. The molecule has 0 bridgehead atoms. The maximum absolute atomic E-state index is 12.4. The van der Waals surface area contributed by atoms with Crippen molar-refractivity contribution in [1.82, 2.24) is 18.7 Å². The van der Waals surface area contributed by atoms with Crippen molar-refractivity contribution in [1.29, 1.82) is 0 Å². The molecule has 0 aliphatic rings. The van der Waals surface area contributed by atoms with Crippen LogP contribution in [-0.2, 0) is 18.4 Å². The number of fused-ring (bicyclic) bond motifs is 1. The number of nitrogens with zero attached hydrogens (tertiary/aromatic N) is 4. The zero-order valence-electron chi connectivity index (χ0n) is 11.5. The summed E-state index contributed by atoms with van der Waals surface area (Å²) in [6.45, 7) is 2.59. The molecule has 0 aromatic carbocycles. The molecule has 2 aromatic rings. The van der Waals surface area contributed by atoms with Crippen molar-refractivity contribution >= 4 is 16.9 Å². The Morgan fingerprint density at radius 2 is 2.10 bits per heavy atom. The second kappa shape index (κ2) is 5.04. The number of hydrogen-bond acceptors (Lipinski definition) is 5. The highest BCUT2D eigenvalue weighted by atomic mass is 16.3. The summed E-state index contributed by atoms with van der Waals surface area (Å²) in [4.78, 5) is 39.7. The summed E-state index contributed by atoms with van der Waals surface area (Å²) in [6, 6.07) is -0.351. The van der Waals surface area contributed by atoms with Crippen LogP contribution >= 0.6 is 0 Å². The fourth-order valence-electron chi connectivity index (χ4n) is 2.07. The number of carbonyl (C=O) groups excluding carboxylic acids is 1. The van der Waals surface area contributed by atoms with Gasteiger partial charge < -0.3 is 9.67 Å². The zero-order chi connectivity index (χ0) is 15.0. The predicted octanol–water partition coefficient (Wildman–Crippen LogP) is -0.961. The minimum atomic E-state index is -0.584. The molecular weight excluding hydrogens is 264 g/mol. The number of rotatable bonds is 4. The molecule has 8 nitrogen and oxygen atoms in total. The van der Waals surface area contributed by atoms with Crippen LogP contribution < -0.4 is 11.2 Å². The molecule has 0 amide bonds. The number of aryl methyl sites for hydroxylation is 1. The Labute approximate surface area is 113 Å². The first-order valence-corrected chi connectivity index (χ1v) is 6.15. The Hall–Kier alpha value is -2.22. The van der Waals surface area contributed by atoms with E-state index in [9.17, 15) is 19.5 Å². The molecular formula is C12H16N4O4. The van der Waals surface area contributed by atoms with Crippen molar-refractivity contribution in [3.8, 4) is 0 Å². The molecule has 2 aromatic heterocycles. The predicted molar refractivity (Wildman–Crippen MR) is 71.7 cm³/mol. The Morgan fingerprint density at radius 3 is 2.65 bits per heavy atom. The molecule has 1 N–H and O–H groups in total. The number of aliphatic hydroxyl groups excluding tert-OH is 1. The largest absolute Gasteiger partial charge is 0.394 e. The molecule has 0 saturated carbocycles. The van der Waals surface area contributed by atoms with Crippen molar-refractivity contribution < 1.29 is 9.90 Å². The number of ketones is 1. The fourth-order valence-corrected chi connectivity index (χ4v) is 2.07. The number of imidazole rings is 1. The van der Waals surface area contributed by atoms with Crippen LogP contribution in [0, 0.1) is 0 Å². The lowest BCUT2D eigenvalue weighted by atomic mass is 10.3. The van der Waals surface area contributed by atoms with E-state index < -0.39 is 11.2 Å². The van der Waals surface area contributed by atoms with E-state index in [1.165, 1.54) is 29.4 Å². The number of carbonyl (C=O) groups is 1. The Morgan fingerprint density at radius 1 is 1.45 bits per heavy atom. The molecule has 2 heterocycles. The summed E-state index contributed by atoms with van der Waals surface area (Å²) in [6.07, 6.45) is 1.41. The number of aliphatic hydroxyl groups is 1. The van der Waals surface area contributed by atoms with Gasteiger partial charge in [0.05, 0.1) is 25.5 Å². The third-order valence-corrected chi connectivity index (χ3v) is 3.18. The van der Waals surface area contributed by atoms with Gasteiger partial charge in [0, 0.05) is 7.05 Å². The van der Waals surface area contributed by atoms with Crippen molar-refractivity contribution in [2.45, 2.75) is 26.4 Å². The van der Waals surface area contributed by atoms with E-state index >= 15 is 0 Å². The van der Waals surface area contributed by atoms with Crippen LogP contribution in [0.5, 0.6) is 0 Å². The maximum Gasteiger partial charge on any atom is 0.332 e. The van der Waals surface area contributed by atoms with E-state index in [4.69, 9.17) is 0 Å². The zero-order valence-corrected chi connectivity index (χ0v) is 11.5. The van der Waals surface area contributed by atoms with Crippen LogP contribution in [-0.4, -0.2) is 36.2 Å². The monoisotopic (exact) mass is 280 g/mol. The van der Waals surface area contributed by atoms with Gasteiger partial charge in [-0.1, -0.05) is 0 Å². The standard InChI is InChI=1S/C12H16N4O4/c1-7(5-17)16-6-13-10-9(16)11(19)15(4-8(2)18)12(20)14(10)3/h6-7,17H,4-5H2,1-3H3/t7-/m0/s1. The molecule has 20 heavy (non-hydrogen) atoms. The van der Waals surface area contributed by atoms with Crippen LogP contribution in [0.25, 0.3) is 11.2 Å². The van der Waals surface area contributed by atoms with Crippen molar-refractivity contribution in [2.24, 2.45) is 7.05 Å². The van der Waals surface area contributed by atoms with Crippen LogP contribution in [0.3, 0.4) is 0 Å². The molecule has 0 radical (unpaired) electrons. The van der Waals surface area contributed by atoms with E-state index in [1.54, 1.807) is 6.92 Å². The topological polar surface area (TPSA) is 99.1 Å². The average Bonchev–Trinajstić information content (AvgIpc) is 2.85. The first kappa shape index (κ1) is 14.2. The fraction of sp³-hybridized carbons (Fsp3) is 0.500. The SMILES string of the molecule is CC(=O)Cn1c(=O)c2c(ncn2[C@@H](C)CO)n(C)c1=O. The van der Waals surface area contributed by atoms with Crippen LogP contribution in [0.2, 0.25) is 0 Å². The molecule has 1 atom stereocenters. The first-order valence-electron chi connectivity index (χ1n) is 6.15. The minimum absolute atomic E-state index is 0.166. The van der Waals surface area contributed by atoms with Gasteiger partial charge in [-0.05, 0) is 13.8 Å². The van der Waals surface area contributed by atoms with Gasteiger partial charge in [0.2, 0.25) is 0 Å². The minimum Gasteiger partial charge on any atom is -0.394 e. The van der Waals surface area contributed by atoms with E-state index in [1.807, 2.05) is 0 Å². The molecule has 0 fully saturated rings. The van der Waals surface area contributed by atoms with E-state index in [0.29, 0.717) is 0 Å². The van der Waals surface area contributed by atoms with Gasteiger partial charge in [-0.15, -0.1) is 0 Å². The molecule has 0 aliphatic heterocycles. The molecule has 108 valence electrons. The second-order valence-corrected chi connectivity index (χ2v) is 4.79. The third kappa shape index (κ3) is 2.07. The molecule has 8 heteroatoms. The summed E-state index contributed by atoms with van der Waals surface area (Å²) in [5.41, 5.74) is -0.717. The van der Waals surface area contributed by atoms with Gasteiger partial charge >= 0.3 is 5.69 Å². The highest BCUT2D eigenvalue weighted by molar-refractivity contribution is 5.76. The Bertz CT molecular complexity index is 783. The highest BCUT2D eigenvalue weighted by Gasteiger charge is 2.18. The van der Waals surface area contributed by atoms with E-state index in [0.717, 1.165) is 4.57 Å². The Kier molecular flexibility index (Phi) is 3.58. The maximum atomic E-state index is 12.4. The number of aromatic nitrogens is 4.